The van der Waals surface area contributed by atoms with Crippen molar-refractivity contribution in [3.05, 3.63) is 58.9 Å². The number of nitrogens with two attached hydrogens (primary N) is 1. The van der Waals surface area contributed by atoms with Crippen molar-refractivity contribution in [2.75, 3.05) is 0 Å². The fourth-order valence-corrected chi connectivity index (χ4v) is 2.59. The molecule has 0 saturated carbocycles. The molecule has 0 saturated heterocycles. The van der Waals surface area contributed by atoms with Crippen molar-refractivity contribution in [3.63, 3.8) is 0 Å². The summed E-state index contributed by atoms with van der Waals surface area (Å²) in [4.78, 5) is 5.11. The number of aromatic nitrogens is 1. The maximum atomic E-state index is 8.54. The van der Waals surface area contributed by atoms with E-state index in [9.17, 15) is 0 Å². The van der Waals surface area contributed by atoms with Crippen LogP contribution < -0.4 is 5.73 Å². The number of thioether (sulfide) groups is 1. The summed E-state index contributed by atoms with van der Waals surface area (Å²) in [5.74, 6) is 0.771. The van der Waals surface area contributed by atoms with Crippen molar-refractivity contribution >= 4 is 29.2 Å². The molecule has 0 aliphatic heterocycles. The van der Waals surface area contributed by atoms with Crippen LogP contribution in [0.5, 0.6) is 0 Å². The molecule has 98 valence electrons. The Labute approximate surface area is 120 Å². The van der Waals surface area contributed by atoms with Crippen LogP contribution >= 0.6 is 23.4 Å². The normalized spacial score (nSPS) is 11.5. The average molecular weight is 294 g/mol. The van der Waals surface area contributed by atoms with E-state index < -0.39 is 0 Å². The van der Waals surface area contributed by atoms with E-state index in [4.69, 9.17) is 22.5 Å². The first kappa shape index (κ1) is 13.7. The quantitative estimate of drug-likeness (QED) is 0.299. The highest BCUT2D eigenvalue weighted by Crippen LogP contribution is 2.26. The highest BCUT2D eigenvalue weighted by Gasteiger charge is 2.03. The van der Waals surface area contributed by atoms with E-state index in [1.54, 1.807) is 24.0 Å². The number of amidine groups is 1. The average Bonchev–Trinajstić information content (AvgIpc) is 2.46. The topological polar surface area (TPSA) is 71.5 Å². The summed E-state index contributed by atoms with van der Waals surface area (Å²) in [5, 5.41) is 12.2. The summed E-state index contributed by atoms with van der Waals surface area (Å²) in [6.07, 6.45) is 1.69. The second-order valence-electron chi connectivity index (χ2n) is 3.74. The van der Waals surface area contributed by atoms with Crippen LogP contribution in [0.25, 0.3) is 0 Å². The molecule has 1 aromatic heterocycles. The van der Waals surface area contributed by atoms with Crippen molar-refractivity contribution in [2.24, 2.45) is 10.9 Å². The zero-order valence-corrected chi connectivity index (χ0v) is 11.5. The van der Waals surface area contributed by atoms with Gasteiger partial charge in [0.05, 0.1) is 0 Å². The molecular formula is C13H12ClN3OS. The maximum Gasteiger partial charge on any atom is 0.188 e. The zero-order valence-electron chi connectivity index (χ0n) is 9.95. The molecule has 4 nitrogen and oxygen atoms in total. The van der Waals surface area contributed by atoms with Gasteiger partial charge in [0.1, 0.15) is 5.69 Å². The molecule has 0 fully saturated rings. The highest BCUT2D eigenvalue weighted by molar-refractivity contribution is 7.98. The van der Waals surface area contributed by atoms with Crippen LogP contribution in [0.2, 0.25) is 5.02 Å². The molecule has 0 aliphatic rings. The van der Waals surface area contributed by atoms with Crippen molar-refractivity contribution < 1.29 is 5.21 Å². The predicted octanol–water partition coefficient (Wildman–Crippen LogP) is 3.12. The molecule has 0 radical (unpaired) electrons. The molecule has 19 heavy (non-hydrogen) atoms. The van der Waals surface area contributed by atoms with Crippen LogP contribution in [0, 0.1) is 0 Å². The van der Waals surface area contributed by atoms with Gasteiger partial charge in [0, 0.05) is 21.9 Å². The van der Waals surface area contributed by atoms with Gasteiger partial charge in [0.15, 0.2) is 5.84 Å². The third-order valence-corrected chi connectivity index (χ3v) is 3.86. The van der Waals surface area contributed by atoms with E-state index in [0.29, 0.717) is 5.69 Å². The Balaban J connectivity index is 2.03. The lowest BCUT2D eigenvalue weighted by Crippen LogP contribution is -2.14. The lowest BCUT2D eigenvalue weighted by molar-refractivity contribution is 0.318. The Kier molecular flexibility index (Phi) is 4.65. The molecule has 1 heterocycles. The minimum absolute atomic E-state index is 0.00246. The van der Waals surface area contributed by atoms with E-state index in [1.807, 2.05) is 30.3 Å². The Hall–Kier alpha value is -1.72. The number of hydrogen-bond donors (Lipinski definition) is 2. The van der Waals surface area contributed by atoms with Crippen molar-refractivity contribution in [1.82, 2.24) is 4.98 Å². The largest absolute Gasteiger partial charge is 0.409 e. The van der Waals surface area contributed by atoms with Crippen molar-refractivity contribution in [2.45, 2.75) is 10.6 Å². The monoisotopic (exact) mass is 293 g/mol. The lowest BCUT2D eigenvalue weighted by atomic mass is 10.2. The van der Waals surface area contributed by atoms with Crippen LogP contribution in [0.1, 0.15) is 11.3 Å². The highest BCUT2D eigenvalue weighted by atomic mass is 35.5. The first-order valence-electron chi connectivity index (χ1n) is 5.51. The Morgan fingerprint density at radius 1 is 1.32 bits per heavy atom. The molecular weight excluding hydrogens is 282 g/mol. The summed E-state index contributed by atoms with van der Waals surface area (Å²) in [7, 11) is 0. The van der Waals surface area contributed by atoms with Gasteiger partial charge in [-0.1, -0.05) is 35.0 Å². The van der Waals surface area contributed by atoms with E-state index in [-0.39, 0.29) is 5.84 Å². The van der Waals surface area contributed by atoms with Crippen LogP contribution in [0.3, 0.4) is 0 Å². The number of halogens is 1. The standard InChI is InChI=1S/C13H12ClN3OS/c14-11-4-2-1-3-9(11)8-19-10-5-6-12(16-7-10)13(15)17-18/h1-7,18H,8H2,(H2,15,17). The molecule has 0 spiro atoms. The molecule has 0 aliphatic carbocycles. The number of nitrogens with zero attached hydrogens (tertiary/aromatic N) is 2. The van der Waals surface area contributed by atoms with Gasteiger partial charge in [0.2, 0.25) is 0 Å². The van der Waals surface area contributed by atoms with Crippen LogP contribution in [-0.4, -0.2) is 16.0 Å². The minimum atomic E-state index is 0.00246. The predicted molar refractivity (Wildman–Crippen MR) is 77.8 cm³/mol. The summed E-state index contributed by atoms with van der Waals surface area (Å²) >= 11 is 7.71. The van der Waals surface area contributed by atoms with E-state index in [0.717, 1.165) is 21.2 Å². The van der Waals surface area contributed by atoms with Gasteiger partial charge in [-0.2, -0.15) is 0 Å². The number of benzene rings is 1. The van der Waals surface area contributed by atoms with Gasteiger partial charge < -0.3 is 10.9 Å². The third-order valence-electron chi connectivity index (χ3n) is 2.46. The fourth-order valence-electron chi connectivity index (χ4n) is 1.44. The molecule has 0 bridgehead atoms. The van der Waals surface area contributed by atoms with E-state index >= 15 is 0 Å². The lowest BCUT2D eigenvalue weighted by Gasteiger charge is -2.04. The third kappa shape index (κ3) is 3.62. The van der Waals surface area contributed by atoms with E-state index in [1.165, 1.54) is 0 Å². The molecule has 2 aromatic rings. The Bertz CT molecular complexity index is 587. The van der Waals surface area contributed by atoms with Gasteiger partial charge >= 0.3 is 0 Å². The molecule has 6 heteroatoms. The van der Waals surface area contributed by atoms with Gasteiger partial charge in [-0.3, -0.25) is 4.98 Å². The fraction of sp³-hybridized carbons (Fsp3) is 0.0769. The minimum Gasteiger partial charge on any atom is -0.409 e. The summed E-state index contributed by atoms with van der Waals surface area (Å²) in [6.45, 7) is 0. The summed E-state index contributed by atoms with van der Waals surface area (Å²) < 4.78 is 0. The van der Waals surface area contributed by atoms with Gasteiger partial charge in [0.25, 0.3) is 0 Å². The maximum absolute atomic E-state index is 8.54. The SMILES string of the molecule is N/C(=N/O)c1ccc(SCc2ccccc2Cl)cn1. The van der Waals surface area contributed by atoms with Crippen molar-refractivity contribution in [1.29, 1.82) is 0 Å². The molecule has 1 aromatic carbocycles. The first-order valence-corrected chi connectivity index (χ1v) is 6.87. The second kappa shape index (κ2) is 6.45. The van der Waals surface area contributed by atoms with Crippen LogP contribution in [0.15, 0.2) is 52.6 Å². The molecule has 0 unspecified atom stereocenters. The molecule has 3 N–H and O–H groups in total. The van der Waals surface area contributed by atoms with Crippen molar-refractivity contribution in [3.8, 4) is 0 Å². The van der Waals surface area contributed by atoms with E-state index in [2.05, 4.69) is 10.1 Å². The van der Waals surface area contributed by atoms with Crippen LogP contribution in [0.4, 0.5) is 0 Å². The first-order chi connectivity index (χ1) is 9.20. The summed E-state index contributed by atoms with van der Waals surface area (Å²) in [6, 6.07) is 11.3. The summed E-state index contributed by atoms with van der Waals surface area (Å²) in [5.41, 5.74) is 6.97. The Morgan fingerprint density at radius 2 is 2.11 bits per heavy atom. The molecule has 2 rings (SSSR count). The smallest absolute Gasteiger partial charge is 0.188 e. The second-order valence-corrected chi connectivity index (χ2v) is 5.20. The zero-order chi connectivity index (χ0) is 13.7. The number of oxime groups is 1. The number of rotatable bonds is 4. The number of hydrogen-bond acceptors (Lipinski definition) is 4. The number of pyridine rings is 1. The molecule has 0 atom stereocenters. The van der Waals surface area contributed by atoms with Gasteiger partial charge in [-0.25, -0.2) is 0 Å². The van der Waals surface area contributed by atoms with Gasteiger partial charge in [-0.05, 0) is 23.8 Å². The Morgan fingerprint density at radius 3 is 2.74 bits per heavy atom. The van der Waals surface area contributed by atoms with Crippen LogP contribution in [-0.2, 0) is 5.75 Å². The molecule has 0 amide bonds. The van der Waals surface area contributed by atoms with Gasteiger partial charge in [-0.15, -0.1) is 11.8 Å².